The molecule has 0 fully saturated rings. The second kappa shape index (κ2) is 36.4. The maximum absolute atomic E-state index is 2.93. The molecule has 0 atom stereocenters. The highest BCUT2D eigenvalue weighted by Gasteiger charge is 1.50. The summed E-state index contributed by atoms with van der Waals surface area (Å²) >= 11 is 0. The van der Waals surface area contributed by atoms with Crippen LogP contribution in [0.4, 0.5) is 0 Å². The van der Waals surface area contributed by atoms with E-state index in [1.165, 1.54) is 6.42 Å². The van der Waals surface area contributed by atoms with Crippen molar-refractivity contribution in [1.82, 2.24) is 10.6 Å². The summed E-state index contributed by atoms with van der Waals surface area (Å²) in [4.78, 5) is 0. The summed E-state index contributed by atoms with van der Waals surface area (Å²) in [5.41, 5.74) is 0. The average Bonchev–Trinajstić information content (AvgIpc) is 1.91. The molecule has 0 aromatic carbocycles. The lowest BCUT2D eigenvalue weighted by Crippen LogP contribution is -2.01. The van der Waals surface area contributed by atoms with Gasteiger partial charge in [0.1, 0.15) is 0 Å². The highest BCUT2D eigenvalue weighted by molar-refractivity contribution is 4.15. The molecule has 0 radical (unpaired) electrons. The van der Waals surface area contributed by atoms with Gasteiger partial charge >= 0.3 is 0 Å². The van der Waals surface area contributed by atoms with Crippen molar-refractivity contribution < 1.29 is 0 Å². The van der Waals surface area contributed by atoms with Crippen LogP contribution in [0.25, 0.3) is 0 Å². The molecule has 0 aromatic heterocycles. The van der Waals surface area contributed by atoms with E-state index in [1.807, 2.05) is 21.1 Å². The molecule has 0 aliphatic rings. The van der Waals surface area contributed by atoms with Crippen LogP contribution in [-0.2, 0) is 0 Å². The van der Waals surface area contributed by atoms with Gasteiger partial charge in [-0.05, 0) is 27.7 Å². The zero-order chi connectivity index (χ0) is 8.83. The molecule has 0 aliphatic heterocycles. The largest absolute Gasteiger partial charge is 0.323 e. The van der Waals surface area contributed by atoms with Crippen LogP contribution in [0.3, 0.4) is 0 Å². The minimum Gasteiger partial charge on any atom is -0.323 e. The van der Waals surface area contributed by atoms with Crippen molar-refractivity contribution in [1.29, 1.82) is 0 Å². The van der Waals surface area contributed by atoms with Crippen LogP contribution in [0, 0.1) is 0 Å². The van der Waals surface area contributed by atoms with E-state index in [0.29, 0.717) is 0 Å². The first-order valence-corrected chi connectivity index (χ1v) is 3.97. The number of rotatable bonds is 1. The second-order valence-electron chi connectivity index (χ2n) is 1.91. The van der Waals surface area contributed by atoms with Crippen LogP contribution >= 0.6 is 0 Å². The molecule has 0 heterocycles. The quantitative estimate of drug-likeness (QED) is 0.588. The van der Waals surface area contributed by atoms with Gasteiger partial charge in [0.2, 0.25) is 0 Å². The molecule has 2 N–H and O–H groups in total. The van der Waals surface area contributed by atoms with Crippen molar-refractivity contribution in [2.24, 2.45) is 0 Å². The van der Waals surface area contributed by atoms with E-state index in [9.17, 15) is 0 Å². The molecule has 0 bridgehead atoms. The van der Waals surface area contributed by atoms with Gasteiger partial charge in [0.25, 0.3) is 0 Å². The van der Waals surface area contributed by atoms with E-state index in [4.69, 9.17) is 0 Å². The first-order valence-electron chi connectivity index (χ1n) is 3.97. The summed E-state index contributed by atoms with van der Waals surface area (Å²) in [5, 5.41) is 5.68. The summed E-state index contributed by atoms with van der Waals surface area (Å²) in [6.45, 7) is 7.39. The normalized spacial score (nSPS) is 6.60. The molecule has 0 rings (SSSR count). The van der Waals surface area contributed by atoms with E-state index in [0.717, 1.165) is 6.54 Å². The second-order valence-corrected chi connectivity index (χ2v) is 1.91. The van der Waals surface area contributed by atoms with Crippen LogP contribution in [0.5, 0.6) is 0 Å². The Bertz CT molecular complexity index is 19.2. The maximum atomic E-state index is 2.93. The van der Waals surface area contributed by atoms with Crippen LogP contribution < -0.4 is 10.6 Å². The van der Waals surface area contributed by atoms with Crippen molar-refractivity contribution in [3.63, 3.8) is 0 Å². The Morgan fingerprint density at radius 3 is 1.00 bits per heavy atom. The van der Waals surface area contributed by atoms with Gasteiger partial charge < -0.3 is 10.6 Å². The van der Waals surface area contributed by atoms with Gasteiger partial charge in [0.15, 0.2) is 0 Å². The van der Waals surface area contributed by atoms with Gasteiger partial charge in [-0.15, -0.1) is 0 Å². The molecule has 0 unspecified atom stereocenters. The predicted molar refractivity (Wildman–Crippen MR) is 50.5 cm³/mol. The zero-order valence-corrected chi connectivity index (χ0v) is 8.41. The molecule has 0 aliphatic carbocycles. The molecule has 10 heavy (non-hydrogen) atoms. The van der Waals surface area contributed by atoms with Crippen LogP contribution in [0.1, 0.15) is 27.2 Å². The molecular formula is C8H24N2. The van der Waals surface area contributed by atoms with Crippen molar-refractivity contribution in [3.8, 4) is 0 Å². The Morgan fingerprint density at radius 2 is 1.00 bits per heavy atom. The third kappa shape index (κ3) is 448. The van der Waals surface area contributed by atoms with Gasteiger partial charge in [0.05, 0.1) is 0 Å². The third-order valence-electron chi connectivity index (χ3n) is 0.354. The molecule has 0 saturated heterocycles. The fourth-order valence-corrected chi connectivity index (χ4v) is 0. The Labute approximate surface area is 66.4 Å². The fourth-order valence-electron chi connectivity index (χ4n) is 0. The average molecular weight is 148 g/mol. The van der Waals surface area contributed by atoms with Gasteiger partial charge in [-0.1, -0.05) is 27.2 Å². The molecular weight excluding hydrogens is 124 g/mol. The third-order valence-corrected chi connectivity index (χ3v) is 0.354. The smallest absolute Gasteiger partial charge is 0.00804 e. The van der Waals surface area contributed by atoms with Crippen molar-refractivity contribution in [2.45, 2.75) is 27.2 Å². The lowest BCUT2D eigenvalue weighted by Gasteiger charge is -1.76. The molecule has 2 nitrogen and oxygen atoms in total. The van der Waals surface area contributed by atoms with Gasteiger partial charge in [-0.25, -0.2) is 0 Å². The van der Waals surface area contributed by atoms with E-state index < -0.39 is 0 Å². The molecule has 66 valence electrons. The molecule has 2 heteroatoms. The highest BCUT2D eigenvalue weighted by Crippen LogP contribution is 1.56. The summed E-state index contributed by atoms with van der Waals surface area (Å²) in [7, 11) is 5.68. The Balaban J connectivity index is -0.0000000750. The Hall–Kier alpha value is -0.0800. The van der Waals surface area contributed by atoms with E-state index in [-0.39, 0.29) is 0 Å². The number of nitrogens with one attached hydrogen (secondary N) is 2. The van der Waals surface area contributed by atoms with E-state index in [2.05, 4.69) is 31.4 Å². The lowest BCUT2D eigenvalue weighted by molar-refractivity contribution is 0.864. The van der Waals surface area contributed by atoms with Crippen molar-refractivity contribution in [2.75, 3.05) is 27.7 Å². The standard InChI is InChI=1S/C3H9N.C3H8.C2H7N/c1-3-4-2;2*1-3-2/h4H,3H2,1-2H3;3H2,1-2H3;3H,1-2H3. The van der Waals surface area contributed by atoms with Gasteiger partial charge in [-0.3, -0.25) is 0 Å². The minimum absolute atomic E-state index is 1.07. The molecule has 0 aromatic rings. The Morgan fingerprint density at radius 1 is 0.900 bits per heavy atom. The summed E-state index contributed by atoms with van der Waals surface area (Å²) in [5.74, 6) is 0. The summed E-state index contributed by atoms with van der Waals surface area (Å²) in [6.07, 6.45) is 1.25. The Kier molecular flexibility index (Phi) is 60.0. The maximum Gasteiger partial charge on any atom is -0.00804 e. The monoisotopic (exact) mass is 148 g/mol. The molecule has 0 saturated carbocycles. The summed E-state index contributed by atoms with van der Waals surface area (Å²) in [6, 6.07) is 0. The minimum atomic E-state index is 1.07. The lowest BCUT2D eigenvalue weighted by atomic mass is 10.6. The highest BCUT2D eigenvalue weighted by atomic mass is 14.8. The topological polar surface area (TPSA) is 24.1 Å². The van der Waals surface area contributed by atoms with Gasteiger partial charge in [0, 0.05) is 0 Å². The van der Waals surface area contributed by atoms with Crippen LogP contribution in [0.15, 0.2) is 0 Å². The first-order chi connectivity index (χ1) is 4.74. The number of hydrogen-bond acceptors (Lipinski definition) is 2. The first kappa shape index (κ1) is 16.5. The molecule has 0 amide bonds. The zero-order valence-electron chi connectivity index (χ0n) is 8.41. The van der Waals surface area contributed by atoms with Crippen LogP contribution in [0.2, 0.25) is 0 Å². The predicted octanol–water partition coefficient (Wildman–Crippen LogP) is 1.48. The van der Waals surface area contributed by atoms with E-state index >= 15 is 0 Å². The fraction of sp³-hybridized carbons (Fsp3) is 1.00. The summed E-state index contributed by atoms with van der Waals surface area (Å²) < 4.78 is 0. The van der Waals surface area contributed by atoms with Gasteiger partial charge in [-0.2, -0.15) is 0 Å². The van der Waals surface area contributed by atoms with Crippen molar-refractivity contribution >= 4 is 0 Å². The van der Waals surface area contributed by atoms with Crippen LogP contribution in [-0.4, -0.2) is 27.7 Å². The number of hydrogen-bond donors (Lipinski definition) is 2. The van der Waals surface area contributed by atoms with E-state index in [1.54, 1.807) is 0 Å². The molecule has 0 spiro atoms. The van der Waals surface area contributed by atoms with Crippen molar-refractivity contribution in [3.05, 3.63) is 0 Å². The SMILES string of the molecule is CCC.CCNC.CNC.